The first-order valence-electron chi connectivity index (χ1n) is 13.8. The Balaban J connectivity index is 1.41. The third-order valence-corrected chi connectivity index (χ3v) is 6.99. The summed E-state index contributed by atoms with van der Waals surface area (Å²) in [4.78, 5) is 32.1. The van der Waals surface area contributed by atoms with Crippen molar-refractivity contribution < 1.29 is 4.42 Å². The van der Waals surface area contributed by atoms with Crippen molar-refractivity contribution in [2.24, 2.45) is 4.99 Å². The molecule has 0 bridgehead atoms. The van der Waals surface area contributed by atoms with Crippen molar-refractivity contribution in [3.63, 3.8) is 0 Å². The van der Waals surface area contributed by atoms with Gasteiger partial charge in [-0.05, 0) is 69.4 Å². The van der Waals surface area contributed by atoms with Crippen LogP contribution in [0.2, 0.25) is 0 Å². The molecule has 200 valence electrons. The van der Waals surface area contributed by atoms with Crippen LogP contribution >= 0.6 is 0 Å². The van der Waals surface area contributed by atoms with Crippen LogP contribution in [-0.4, -0.2) is 76.8 Å². The second kappa shape index (κ2) is 13.5. The Bertz CT molecular complexity index is 1200. The number of H-pyrrole nitrogens is 1. The Kier molecular flexibility index (Phi) is 9.91. The third-order valence-electron chi connectivity index (χ3n) is 6.99. The van der Waals surface area contributed by atoms with E-state index in [1.165, 1.54) is 12.8 Å². The van der Waals surface area contributed by atoms with Gasteiger partial charge in [-0.15, -0.1) is 0 Å². The first-order valence-corrected chi connectivity index (χ1v) is 13.8. The average molecular weight is 507 g/mol. The third kappa shape index (κ3) is 7.76. The number of benzene rings is 1. The van der Waals surface area contributed by atoms with Crippen LogP contribution in [0.3, 0.4) is 0 Å². The number of aromatic nitrogens is 2. The molecular formula is C29H42N6O2. The fourth-order valence-corrected chi connectivity index (χ4v) is 5.06. The van der Waals surface area contributed by atoms with Gasteiger partial charge in [-0.3, -0.25) is 9.89 Å². The number of rotatable bonds is 15. The summed E-state index contributed by atoms with van der Waals surface area (Å²) in [6, 6.07) is 8.23. The van der Waals surface area contributed by atoms with Gasteiger partial charge in [0.1, 0.15) is 17.2 Å². The maximum Gasteiger partial charge on any atom is 0.339 e. The van der Waals surface area contributed by atoms with Crippen molar-refractivity contribution in [3.05, 3.63) is 64.0 Å². The van der Waals surface area contributed by atoms with E-state index in [2.05, 4.69) is 62.7 Å². The van der Waals surface area contributed by atoms with Crippen LogP contribution in [0.5, 0.6) is 0 Å². The molecule has 0 saturated heterocycles. The van der Waals surface area contributed by atoms with E-state index in [0.29, 0.717) is 18.7 Å². The summed E-state index contributed by atoms with van der Waals surface area (Å²) in [6.45, 7) is 11.8. The number of fused-ring (bicyclic) bond motifs is 1. The highest BCUT2D eigenvalue weighted by molar-refractivity contribution is 5.85. The SMILES string of the molecule is CCCN(CCC)CCCCc1cc2ccc(CN(CC3=NCCN3C)Cc3ncc[nH]3)cc2oc1=O. The molecule has 0 unspecified atom stereocenters. The molecule has 1 N–H and O–H groups in total. The van der Waals surface area contributed by atoms with Crippen LogP contribution in [0.1, 0.15) is 56.5 Å². The van der Waals surface area contributed by atoms with Crippen LogP contribution < -0.4 is 5.63 Å². The molecule has 1 aliphatic heterocycles. The molecule has 4 rings (SSSR count). The monoisotopic (exact) mass is 506 g/mol. The Morgan fingerprint density at radius 3 is 2.57 bits per heavy atom. The van der Waals surface area contributed by atoms with Crippen molar-refractivity contribution in [2.45, 2.75) is 59.0 Å². The molecule has 3 aromatic rings. The fourth-order valence-electron chi connectivity index (χ4n) is 5.06. The lowest BCUT2D eigenvalue weighted by molar-refractivity contribution is 0.269. The van der Waals surface area contributed by atoms with Crippen LogP contribution in [-0.2, 0) is 19.5 Å². The molecule has 0 spiro atoms. The van der Waals surface area contributed by atoms with Gasteiger partial charge in [-0.1, -0.05) is 26.0 Å². The highest BCUT2D eigenvalue weighted by Crippen LogP contribution is 2.19. The molecule has 0 saturated carbocycles. The number of hydrogen-bond acceptors (Lipinski definition) is 7. The molecule has 8 nitrogen and oxygen atoms in total. The summed E-state index contributed by atoms with van der Waals surface area (Å²) in [5, 5.41) is 0.981. The molecule has 3 heterocycles. The first-order chi connectivity index (χ1) is 18.1. The second-order valence-corrected chi connectivity index (χ2v) is 10.1. The zero-order valence-electron chi connectivity index (χ0n) is 22.7. The molecule has 2 aromatic heterocycles. The molecule has 37 heavy (non-hydrogen) atoms. The predicted molar refractivity (Wildman–Crippen MR) is 150 cm³/mol. The van der Waals surface area contributed by atoms with Gasteiger partial charge in [0.2, 0.25) is 0 Å². The summed E-state index contributed by atoms with van der Waals surface area (Å²) in [7, 11) is 2.09. The van der Waals surface area contributed by atoms with Gasteiger partial charge in [0.05, 0.1) is 19.6 Å². The number of imidazole rings is 1. The predicted octanol–water partition coefficient (Wildman–Crippen LogP) is 4.31. The number of likely N-dealkylation sites (N-methyl/N-ethyl adjacent to an activating group) is 1. The lowest BCUT2D eigenvalue weighted by atomic mass is 10.1. The van der Waals surface area contributed by atoms with Gasteiger partial charge in [-0.25, -0.2) is 9.78 Å². The maximum absolute atomic E-state index is 12.8. The van der Waals surface area contributed by atoms with Gasteiger partial charge < -0.3 is 19.2 Å². The topological polar surface area (TPSA) is 81.0 Å². The van der Waals surface area contributed by atoms with Crippen LogP contribution in [0.4, 0.5) is 0 Å². The summed E-state index contributed by atoms with van der Waals surface area (Å²) in [5.74, 6) is 2.02. The second-order valence-electron chi connectivity index (χ2n) is 10.1. The zero-order chi connectivity index (χ0) is 26.0. The highest BCUT2D eigenvalue weighted by atomic mass is 16.4. The van der Waals surface area contributed by atoms with E-state index in [1.54, 1.807) is 6.20 Å². The van der Waals surface area contributed by atoms with Crippen molar-refractivity contribution in [1.82, 2.24) is 24.7 Å². The van der Waals surface area contributed by atoms with Gasteiger partial charge in [0.15, 0.2) is 0 Å². The minimum Gasteiger partial charge on any atom is -0.423 e. The van der Waals surface area contributed by atoms with Crippen molar-refractivity contribution in [1.29, 1.82) is 0 Å². The lowest BCUT2D eigenvalue weighted by Crippen LogP contribution is -2.36. The molecule has 0 radical (unpaired) electrons. The van der Waals surface area contributed by atoms with Crippen molar-refractivity contribution >= 4 is 16.8 Å². The van der Waals surface area contributed by atoms with Crippen LogP contribution in [0.15, 0.2) is 50.9 Å². The van der Waals surface area contributed by atoms with Gasteiger partial charge in [0.25, 0.3) is 0 Å². The zero-order valence-corrected chi connectivity index (χ0v) is 22.7. The van der Waals surface area contributed by atoms with E-state index in [1.807, 2.05) is 18.3 Å². The Hall–Kier alpha value is -2.97. The number of aromatic amines is 1. The summed E-state index contributed by atoms with van der Waals surface area (Å²) in [6.07, 6.45) is 8.85. The van der Waals surface area contributed by atoms with E-state index < -0.39 is 0 Å². The van der Waals surface area contributed by atoms with E-state index in [-0.39, 0.29) is 5.63 Å². The molecule has 0 amide bonds. The van der Waals surface area contributed by atoms with Gasteiger partial charge >= 0.3 is 5.63 Å². The van der Waals surface area contributed by atoms with E-state index in [4.69, 9.17) is 4.42 Å². The summed E-state index contributed by atoms with van der Waals surface area (Å²) in [5.41, 5.74) is 2.32. The Morgan fingerprint density at radius 1 is 1.03 bits per heavy atom. The lowest BCUT2D eigenvalue weighted by Gasteiger charge is -2.24. The fraction of sp³-hybridized carbons (Fsp3) is 0.552. The van der Waals surface area contributed by atoms with Gasteiger partial charge in [-0.2, -0.15) is 0 Å². The summed E-state index contributed by atoms with van der Waals surface area (Å²) >= 11 is 0. The standard InChI is InChI=1S/C29H42N6O2/c1-4-14-34(15-5-2)16-7-6-8-25-19-24-10-9-23(18-26(24)37-29(25)36)20-35(21-27-30-11-12-31-27)22-28-32-13-17-33(28)3/h9-12,18-19H,4-8,13-17,20-22H2,1-3H3,(H,30,31). The van der Waals surface area contributed by atoms with Crippen LogP contribution in [0, 0.1) is 0 Å². The normalized spacial score (nSPS) is 13.9. The number of unbranched alkanes of at least 4 members (excludes halogenated alkanes) is 1. The maximum atomic E-state index is 12.8. The number of nitrogens with one attached hydrogen (secondary N) is 1. The van der Waals surface area contributed by atoms with E-state index >= 15 is 0 Å². The quantitative estimate of drug-likeness (QED) is 0.244. The van der Waals surface area contributed by atoms with E-state index in [9.17, 15) is 4.79 Å². The highest BCUT2D eigenvalue weighted by Gasteiger charge is 2.18. The Labute approximate surface area is 220 Å². The number of aliphatic imine (C=N–C) groups is 1. The molecule has 1 aliphatic rings. The summed E-state index contributed by atoms with van der Waals surface area (Å²) < 4.78 is 5.79. The number of hydrogen-bond donors (Lipinski definition) is 1. The molecule has 8 heteroatoms. The number of nitrogens with zero attached hydrogens (tertiary/aromatic N) is 5. The largest absolute Gasteiger partial charge is 0.423 e. The van der Waals surface area contributed by atoms with Crippen molar-refractivity contribution in [3.8, 4) is 0 Å². The number of aryl methyl sites for hydroxylation is 1. The molecule has 0 aliphatic carbocycles. The van der Waals surface area contributed by atoms with Crippen LogP contribution in [0.25, 0.3) is 11.0 Å². The minimum absolute atomic E-state index is 0.210. The first kappa shape index (κ1) is 27.1. The van der Waals surface area contributed by atoms with Crippen molar-refractivity contribution in [2.75, 3.05) is 46.3 Å². The molecule has 0 atom stereocenters. The Morgan fingerprint density at radius 2 is 1.86 bits per heavy atom. The number of amidine groups is 1. The van der Waals surface area contributed by atoms with E-state index in [0.717, 1.165) is 86.7 Å². The molecule has 1 aromatic carbocycles. The average Bonchev–Trinajstić information content (AvgIpc) is 3.54. The minimum atomic E-state index is -0.210. The van der Waals surface area contributed by atoms with Gasteiger partial charge in [0, 0.05) is 43.5 Å². The smallest absolute Gasteiger partial charge is 0.339 e. The molecule has 0 fully saturated rings. The molecular weight excluding hydrogens is 464 g/mol.